The number of carbonyl (C=O) groups excluding carboxylic acids is 1. The molecule has 1 aromatic carbocycles. The third-order valence-corrected chi connectivity index (χ3v) is 3.08. The normalized spacial score (nSPS) is 11.1. The number of fused-ring (bicyclic) bond motifs is 1. The third kappa shape index (κ3) is 2.14. The topological polar surface area (TPSA) is 63.6 Å². The molecule has 5 heteroatoms. The quantitative estimate of drug-likeness (QED) is 0.778. The summed E-state index contributed by atoms with van der Waals surface area (Å²) in [5, 5.41) is 0. The Bertz CT molecular complexity index is 754. The minimum absolute atomic E-state index is 0.0982. The lowest BCUT2D eigenvalue weighted by Crippen LogP contribution is -1.97. The van der Waals surface area contributed by atoms with Gasteiger partial charge in [-0.25, -0.2) is 9.97 Å². The van der Waals surface area contributed by atoms with Gasteiger partial charge in [0.1, 0.15) is 11.6 Å². The van der Waals surface area contributed by atoms with E-state index in [4.69, 9.17) is 0 Å². The van der Waals surface area contributed by atoms with Crippen molar-refractivity contribution >= 4 is 16.8 Å². The average Bonchev–Trinajstić information content (AvgIpc) is 2.96. The summed E-state index contributed by atoms with van der Waals surface area (Å²) in [5.41, 5.74) is 3.97. The van der Waals surface area contributed by atoms with Gasteiger partial charge in [-0.1, -0.05) is 6.07 Å². The van der Waals surface area contributed by atoms with Crippen molar-refractivity contribution in [2.45, 2.75) is 13.3 Å². The van der Waals surface area contributed by atoms with Crippen molar-refractivity contribution in [2.24, 2.45) is 7.05 Å². The molecule has 0 aliphatic rings. The molecule has 3 aromatic rings. The number of benzene rings is 1. The Balaban J connectivity index is 1.99. The molecule has 0 saturated carbocycles. The van der Waals surface area contributed by atoms with Gasteiger partial charge in [-0.3, -0.25) is 4.79 Å². The highest BCUT2D eigenvalue weighted by atomic mass is 16.1. The molecule has 0 atom stereocenters. The van der Waals surface area contributed by atoms with Crippen LogP contribution in [0.1, 0.15) is 12.7 Å². The molecule has 2 heterocycles. The second-order valence-corrected chi connectivity index (χ2v) is 4.68. The summed E-state index contributed by atoms with van der Waals surface area (Å²) in [7, 11) is 1.97. The SMILES string of the molecule is CC(=O)Cc1ncc(-c2ccc3c(c2)ncn3C)[nH]1. The second-order valence-electron chi connectivity index (χ2n) is 4.68. The molecular formula is C14H14N4O. The minimum Gasteiger partial charge on any atom is -0.342 e. The molecule has 0 bridgehead atoms. The highest BCUT2D eigenvalue weighted by Gasteiger charge is 2.07. The van der Waals surface area contributed by atoms with Crippen LogP contribution in [0.25, 0.3) is 22.3 Å². The first-order chi connectivity index (χ1) is 9.13. The van der Waals surface area contributed by atoms with E-state index in [0.29, 0.717) is 12.2 Å². The molecule has 5 nitrogen and oxygen atoms in total. The number of Topliss-reactive ketones (excluding diaryl/α,β-unsaturated/α-hetero) is 1. The van der Waals surface area contributed by atoms with Crippen molar-refractivity contribution in [1.29, 1.82) is 0 Å². The number of nitrogens with one attached hydrogen (secondary N) is 1. The van der Waals surface area contributed by atoms with Gasteiger partial charge in [0, 0.05) is 12.6 Å². The van der Waals surface area contributed by atoms with Crippen LogP contribution < -0.4 is 0 Å². The molecule has 1 N–H and O–H groups in total. The lowest BCUT2D eigenvalue weighted by atomic mass is 10.1. The van der Waals surface area contributed by atoms with E-state index in [1.54, 1.807) is 19.4 Å². The highest BCUT2D eigenvalue weighted by Crippen LogP contribution is 2.22. The number of aromatic amines is 1. The number of H-pyrrole nitrogens is 1. The number of aromatic nitrogens is 4. The standard InChI is InChI=1S/C14H14N4O/c1-9(19)5-14-15-7-12(17-14)10-3-4-13-11(6-10)16-8-18(13)2/h3-4,6-8H,5H2,1-2H3,(H,15,17). The van der Waals surface area contributed by atoms with Crippen molar-refractivity contribution in [2.75, 3.05) is 0 Å². The van der Waals surface area contributed by atoms with E-state index in [1.165, 1.54) is 0 Å². The van der Waals surface area contributed by atoms with E-state index < -0.39 is 0 Å². The van der Waals surface area contributed by atoms with E-state index in [9.17, 15) is 4.79 Å². The van der Waals surface area contributed by atoms with Gasteiger partial charge >= 0.3 is 0 Å². The van der Waals surface area contributed by atoms with Crippen molar-refractivity contribution in [3.8, 4) is 11.3 Å². The summed E-state index contributed by atoms with van der Waals surface area (Å²) in [5.74, 6) is 0.796. The van der Waals surface area contributed by atoms with Crippen LogP contribution >= 0.6 is 0 Å². The number of imidazole rings is 2. The first-order valence-corrected chi connectivity index (χ1v) is 6.08. The number of aryl methyl sites for hydroxylation is 1. The summed E-state index contributed by atoms with van der Waals surface area (Å²) in [4.78, 5) is 22.8. The maximum Gasteiger partial charge on any atom is 0.137 e. The number of nitrogens with zero attached hydrogens (tertiary/aromatic N) is 3. The van der Waals surface area contributed by atoms with Gasteiger partial charge in [-0.05, 0) is 19.1 Å². The average molecular weight is 254 g/mol. The van der Waals surface area contributed by atoms with Gasteiger partial charge in [0.2, 0.25) is 0 Å². The largest absolute Gasteiger partial charge is 0.342 e. The fourth-order valence-electron chi connectivity index (χ4n) is 2.14. The van der Waals surface area contributed by atoms with Gasteiger partial charge in [0.15, 0.2) is 0 Å². The Morgan fingerprint density at radius 2 is 2.21 bits per heavy atom. The molecule has 0 fully saturated rings. The number of ketones is 1. The number of rotatable bonds is 3. The van der Waals surface area contributed by atoms with Gasteiger partial charge in [-0.2, -0.15) is 0 Å². The third-order valence-electron chi connectivity index (χ3n) is 3.08. The summed E-state index contributed by atoms with van der Waals surface area (Å²) in [6, 6.07) is 6.07. The maximum absolute atomic E-state index is 11.1. The van der Waals surface area contributed by atoms with E-state index in [1.807, 2.05) is 29.8 Å². The zero-order valence-corrected chi connectivity index (χ0v) is 10.8. The number of carbonyl (C=O) groups is 1. The first kappa shape index (κ1) is 11.6. The minimum atomic E-state index is 0.0982. The van der Waals surface area contributed by atoms with Gasteiger partial charge in [0.25, 0.3) is 0 Å². The molecule has 96 valence electrons. The zero-order chi connectivity index (χ0) is 13.4. The van der Waals surface area contributed by atoms with Crippen molar-refractivity contribution < 1.29 is 4.79 Å². The molecule has 19 heavy (non-hydrogen) atoms. The maximum atomic E-state index is 11.1. The Kier molecular flexibility index (Phi) is 2.67. The van der Waals surface area contributed by atoms with Crippen LogP contribution in [0.3, 0.4) is 0 Å². The molecule has 3 rings (SSSR count). The predicted octanol–water partition coefficient (Wildman–Crippen LogP) is 2.09. The Morgan fingerprint density at radius 1 is 1.37 bits per heavy atom. The fourth-order valence-corrected chi connectivity index (χ4v) is 2.14. The van der Waals surface area contributed by atoms with E-state index in [2.05, 4.69) is 15.0 Å². The second kappa shape index (κ2) is 4.35. The Labute approximate surface area is 110 Å². The van der Waals surface area contributed by atoms with Crippen LogP contribution in [0.5, 0.6) is 0 Å². The first-order valence-electron chi connectivity index (χ1n) is 6.08. The molecule has 0 spiro atoms. The van der Waals surface area contributed by atoms with Gasteiger partial charge < -0.3 is 9.55 Å². The van der Waals surface area contributed by atoms with Crippen LogP contribution in [-0.2, 0) is 18.3 Å². The van der Waals surface area contributed by atoms with Crippen LogP contribution in [0.2, 0.25) is 0 Å². The van der Waals surface area contributed by atoms with Crippen molar-refractivity contribution in [3.63, 3.8) is 0 Å². The summed E-state index contributed by atoms with van der Waals surface area (Å²) >= 11 is 0. The Hall–Kier alpha value is -2.43. The van der Waals surface area contributed by atoms with Crippen LogP contribution in [0.15, 0.2) is 30.7 Å². The molecule has 0 amide bonds. The monoisotopic (exact) mass is 254 g/mol. The van der Waals surface area contributed by atoms with Gasteiger partial charge in [0.05, 0.1) is 35.7 Å². The Morgan fingerprint density at radius 3 is 3.00 bits per heavy atom. The predicted molar refractivity (Wildman–Crippen MR) is 72.7 cm³/mol. The van der Waals surface area contributed by atoms with Crippen LogP contribution in [0, 0.1) is 0 Å². The summed E-state index contributed by atoms with van der Waals surface area (Å²) < 4.78 is 1.98. The van der Waals surface area contributed by atoms with Crippen molar-refractivity contribution in [3.05, 3.63) is 36.5 Å². The molecule has 0 radical (unpaired) electrons. The molecule has 0 aliphatic carbocycles. The number of hydrogen-bond acceptors (Lipinski definition) is 3. The molecule has 0 saturated heterocycles. The highest BCUT2D eigenvalue weighted by molar-refractivity contribution is 5.81. The van der Waals surface area contributed by atoms with Gasteiger partial charge in [-0.15, -0.1) is 0 Å². The molecular weight excluding hydrogens is 240 g/mol. The van der Waals surface area contributed by atoms with E-state index in [-0.39, 0.29) is 5.78 Å². The molecule has 2 aromatic heterocycles. The summed E-state index contributed by atoms with van der Waals surface area (Å²) in [6.07, 6.45) is 3.89. The van der Waals surface area contributed by atoms with E-state index in [0.717, 1.165) is 22.3 Å². The lowest BCUT2D eigenvalue weighted by molar-refractivity contribution is -0.116. The van der Waals surface area contributed by atoms with Crippen molar-refractivity contribution in [1.82, 2.24) is 19.5 Å². The smallest absolute Gasteiger partial charge is 0.137 e. The number of hydrogen-bond donors (Lipinski definition) is 1. The van der Waals surface area contributed by atoms with Crippen LogP contribution in [-0.4, -0.2) is 25.3 Å². The zero-order valence-electron chi connectivity index (χ0n) is 10.8. The van der Waals surface area contributed by atoms with Crippen LogP contribution in [0.4, 0.5) is 0 Å². The lowest BCUT2D eigenvalue weighted by Gasteiger charge is -1.99. The molecule has 0 aliphatic heterocycles. The fraction of sp³-hybridized carbons (Fsp3) is 0.214. The van der Waals surface area contributed by atoms with E-state index >= 15 is 0 Å². The summed E-state index contributed by atoms with van der Waals surface area (Å²) in [6.45, 7) is 1.56. The molecule has 0 unspecified atom stereocenters.